The van der Waals surface area contributed by atoms with Crippen LogP contribution < -0.4 is 9.64 Å². The smallest absolute Gasteiger partial charge is 0.372 e. The first kappa shape index (κ1) is 18.2. The largest absolute Gasteiger partial charge is 0.497 e. The van der Waals surface area contributed by atoms with E-state index in [2.05, 4.69) is 22.0 Å². The van der Waals surface area contributed by atoms with Crippen LogP contribution in [0.2, 0.25) is 0 Å². The summed E-state index contributed by atoms with van der Waals surface area (Å²) in [6.07, 6.45) is 2.66. The molecule has 4 rings (SSSR count). The molecule has 1 saturated heterocycles. The lowest BCUT2D eigenvalue weighted by molar-refractivity contribution is -0.389. The van der Waals surface area contributed by atoms with Crippen LogP contribution in [0.4, 0.5) is 11.6 Å². The highest BCUT2D eigenvalue weighted by molar-refractivity contribution is 5.63. The molecule has 2 aromatic heterocycles. The fourth-order valence-electron chi connectivity index (χ4n) is 3.61. The summed E-state index contributed by atoms with van der Waals surface area (Å²) < 4.78 is 6.74. The lowest BCUT2D eigenvalue weighted by Gasteiger charge is -2.34. The Labute approximate surface area is 163 Å². The summed E-state index contributed by atoms with van der Waals surface area (Å²) in [6, 6.07) is 13.6. The van der Waals surface area contributed by atoms with Gasteiger partial charge >= 0.3 is 5.82 Å². The maximum Gasteiger partial charge on any atom is 0.372 e. The fourth-order valence-corrected chi connectivity index (χ4v) is 3.61. The summed E-state index contributed by atoms with van der Waals surface area (Å²) >= 11 is 0. The quantitative estimate of drug-likeness (QED) is 0.483. The number of hydrogen-bond acceptors (Lipinski definition) is 6. The van der Waals surface area contributed by atoms with Crippen LogP contribution >= 0.6 is 0 Å². The Morgan fingerprint density at radius 3 is 2.54 bits per heavy atom. The van der Waals surface area contributed by atoms with E-state index in [1.807, 2.05) is 23.1 Å². The number of methoxy groups -OCH3 is 1. The Morgan fingerprint density at radius 1 is 1.11 bits per heavy atom. The summed E-state index contributed by atoms with van der Waals surface area (Å²) in [5.41, 5.74) is 1.88. The molecule has 1 aliphatic heterocycles. The number of piperazine rings is 1. The van der Waals surface area contributed by atoms with Crippen molar-refractivity contribution in [2.75, 3.05) is 44.7 Å². The molecule has 0 N–H and O–H groups in total. The topological polar surface area (TPSA) is 76.2 Å². The first-order valence-electron chi connectivity index (χ1n) is 9.37. The third-order valence-electron chi connectivity index (χ3n) is 5.21. The van der Waals surface area contributed by atoms with Gasteiger partial charge in [0.1, 0.15) is 5.75 Å². The summed E-state index contributed by atoms with van der Waals surface area (Å²) in [4.78, 5) is 20.2. The second-order valence-electron chi connectivity index (χ2n) is 6.87. The van der Waals surface area contributed by atoms with Gasteiger partial charge in [-0.3, -0.25) is 4.90 Å². The van der Waals surface area contributed by atoms with E-state index in [0.717, 1.165) is 44.9 Å². The molecule has 8 nitrogen and oxygen atoms in total. The van der Waals surface area contributed by atoms with Gasteiger partial charge in [0.2, 0.25) is 11.5 Å². The van der Waals surface area contributed by atoms with Gasteiger partial charge in [-0.05, 0) is 35.1 Å². The van der Waals surface area contributed by atoms with Crippen molar-refractivity contribution in [1.82, 2.24) is 14.3 Å². The van der Waals surface area contributed by atoms with E-state index >= 15 is 0 Å². The number of imidazole rings is 1. The predicted molar refractivity (Wildman–Crippen MR) is 107 cm³/mol. The molecule has 0 bridgehead atoms. The molecule has 3 aromatic rings. The van der Waals surface area contributed by atoms with E-state index in [-0.39, 0.29) is 10.7 Å². The van der Waals surface area contributed by atoms with Crippen molar-refractivity contribution in [3.63, 3.8) is 0 Å². The van der Waals surface area contributed by atoms with Crippen molar-refractivity contribution in [3.8, 4) is 5.75 Å². The summed E-state index contributed by atoms with van der Waals surface area (Å²) in [5.74, 6) is 1.37. The number of benzene rings is 1. The molecule has 3 heterocycles. The predicted octanol–water partition coefficient (Wildman–Crippen LogP) is 2.62. The molecular weight excluding hydrogens is 358 g/mol. The fraction of sp³-hybridized carbons (Fsp3) is 0.350. The van der Waals surface area contributed by atoms with Crippen molar-refractivity contribution < 1.29 is 9.66 Å². The van der Waals surface area contributed by atoms with Gasteiger partial charge in [0.15, 0.2) is 0 Å². The van der Waals surface area contributed by atoms with Crippen LogP contribution in [0.5, 0.6) is 5.75 Å². The standard InChI is InChI=1S/C20H23N5O3/c1-28-17-7-5-16(6-8-17)9-11-22-12-14-23(15-13-22)19-20(25(26)27)24-10-3-2-4-18(24)21-19/h2-8,10H,9,11-15H2,1H3. The number of hydrogen-bond donors (Lipinski definition) is 0. The highest BCUT2D eigenvalue weighted by atomic mass is 16.6. The summed E-state index contributed by atoms with van der Waals surface area (Å²) in [5, 5.41) is 11.6. The third-order valence-corrected chi connectivity index (χ3v) is 5.21. The third kappa shape index (κ3) is 3.63. The van der Waals surface area contributed by atoms with Crippen LogP contribution in [0, 0.1) is 10.1 Å². The maximum atomic E-state index is 11.6. The number of fused-ring (bicyclic) bond motifs is 1. The molecule has 8 heteroatoms. The summed E-state index contributed by atoms with van der Waals surface area (Å²) in [6.45, 7) is 4.15. The minimum atomic E-state index is -0.342. The van der Waals surface area contributed by atoms with Gasteiger partial charge < -0.3 is 19.8 Å². The molecule has 0 saturated carbocycles. The van der Waals surface area contributed by atoms with E-state index < -0.39 is 0 Å². The Bertz CT molecular complexity index is 962. The monoisotopic (exact) mass is 381 g/mol. The Balaban J connectivity index is 1.39. The number of aromatic nitrogens is 2. The normalized spacial score (nSPS) is 15.1. The maximum absolute atomic E-state index is 11.6. The molecule has 146 valence electrons. The first-order valence-corrected chi connectivity index (χ1v) is 9.37. The number of nitrogens with zero attached hydrogens (tertiary/aromatic N) is 5. The van der Waals surface area contributed by atoms with E-state index in [4.69, 9.17) is 4.74 Å². The number of ether oxygens (including phenoxy) is 1. The molecule has 1 aromatic carbocycles. The van der Waals surface area contributed by atoms with Gasteiger partial charge in [-0.25, -0.2) is 0 Å². The minimum Gasteiger partial charge on any atom is -0.497 e. The number of nitro groups is 1. The van der Waals surface area contributed by atoms with E-state index in [1.165, 1.54) is 5.56 Å². The molecule has 0 amide bonds. The van der Waals surface area contributed by atoms with Crippen molar-refractivity contribution in [2.24, 2.45) is 0 Å². The van der Waals surface area contributed by atoms with Gasteiger partial charge in [0, 0.05) is 38.8 Å². The molecule has 28 heavy (non-hydrogen) atoms. The molecular formula is C20H23N5O3. The lowest BCUT2D eigenvalue weighted by atomic mass is 10.1. The number of anilines is 1. The average molecular weight is 381 g/mol. The van der Waals surface area contributed by atoms with Crippen molar-refractivity contribution >= 4 is 17.3 Å². The average Bonchev–Trinajstić information content (AvgIpc) is 3.13. The van der Waals surface area contributed by atoms with E-state index in [9.17, 15) is 10.1 Å². The first-order chi connectivity index (χ1) is 13.7. The zero-order chi connectivity index (χ0) is 19.5. The second kappa shape index (κ2) is 7.85. The van der Waals surface area contributed by atoms with E-state index in [1.54, 1.807) is 29.8 Å². The van der Waals surface area contributed by atoms with E-state index in [0.29, 0.717) is 11.5 Å². The van der Waals surface area contributed by atoms with Crippen LogP contribution in [-0.2, 0) is 6.42 Å². The summed E-state index contributed by atoms with van der Waals surface area (Å²) in [7, 11) is 1.67. The second-order valence-corrected chi connectivity index (χ2v) is 6.87. The molecule has 0 unspecified atom stereocenters. The highest BCUT2D eigenvalue weighted by Gasteiger charge is 2.29. The van der Waals surface area contributed by atoms with Gasteiger partial charge in [0.25, 0.3) is 0 Å². The minimum absolute atomic E-state index is 0.0438. The van der Waals surface area contributed by atoms with Gasteiger partial charge in [-0.1, -0.05) is 18.2 Å². The Morgan fingerprint density at radius 2 is 1.86 bits per heavy atom. The molecule has 0 atom stereocenters. The molecule has 1 aliphatic rings. The zero-order valence-corrected chi connectivity index (χ0v) is 15.8. The van der Waals surface area contributed by atoms with Gasteiger partial charge in [-0.2, -0.15) is 9.38 Å². The van der Waals surface area contributed by atoms with Crippen molar-refractivity contribution in [1.29, 1.82) is 0 Å². The SMILES string of the molecule is COc1ccc(CCN2CCN(c3nc4ccccn4c3[N+](=O)[O-])CC2)cc1. The van der Waals surface area contributed by atoms with Crippen molar-refractivity contribution in [3.05, 3.63) is 64.3 Å². The van der Waals surface area contributed by atoms with Crippen LogP contribution in [0.1, 0.15) is 5.56 Å². The molecule has 0 radical (unpaired) electrons. The Hall–Kier alpha value is -3.13. The van der Waals surface area contributed by atoms with Crippen LogP contribution in [0.15, 0.2) is 48.7 Å². The highest BCUT2D eigenvalue weighted by Crippen LogP contribution is 2.29. The van der Waals surface area contributed by atoms with Crippen LogP contribution in [0.25, 0.3) is 5.65 Å². The van der Waals surface area contributed by atoms with Gasteiger partial charge in [0.05, 0.1) is 13.3 Å². The van der Waals surface area contributed by atoms with Crippen LogP contribution in [0.3, 0.4) is 0 Å². The molecule has 0 spiro atoms. The molecule has 0 aliphatic carbocycles. The van der Waals surface area contributed by atoms with Crippen molar-refractivity contribution in [2.45, 2.75) is 6.42 Å². The van der Waals surface area contributed by atoms with Crippen LogP contribution in [-0.4, -0.2) is 59.0 Å². The number of pyridine rings is 1. The number of rotatable bonds is 6. The Kier molecular flexibility index (Phi) is 5.12. The zero-order valence-electron chi connectivity index (χ0n) is 15.8. The lowest BCUT2D eigenvalue weighted by Crippen LogP contribution is -2.47. The van der Waals surface area contributed by atoms with Gasteiger partial charge in [-0.15, -0.1) is 0 Å². The molecule has 1 fully saturated rings.